The van der Waals surface area contributed by atoms with Crippen molar-refractivity contribution in [1.29, 1.82) is 0 Å². The first-order chi connectivity index (χ1) is 16.8. The Morgan fingerprint density at radius 1 is 1.11 bits per heavy atom. The summed E-state index contributed by atoms with van der Waals surface area (Å²) in [5.74, 6) is -1.35. The highest BCUT2D eigenvalue weighted by atomic mass is 35.5. The Balaban J connectivity index is 1.79. The number of methoxy groups -OCH3 is 1. The number of carbonyl (C=O) groups is 3. The Bertz CT molecular complexity index is 1150. The number of hydrogen-bond donors (Lipinski definition) is 2. The van der Waals surface area contributed by atoms with Crippen LogP contribution in [0.3, 0.4) is 0 Å². The largest absolute Gasteiger partial charge is 0.465 e. The second kappa shape index (κ2) is 10.6. The maximum Gasteiger partial charge on any atom is 0.338 e. The number of hydrogen-bond acceptors (Lipinski definition) is 5. The first-order valence-corrected chi connectivity index (χ1v) is 12.5. The number of nitrogens with one attached hydrogen (secondary N) is 1. The zero-order valence-electron chi connectivity index (χ0n) is 21.7. The first kappa shape index (κ1) is 27.7. The molecule has 2 amide bonds. The highest BCUT2D eigenvalue weighted by Gasteiger charge is 2.50. The molecule has 1 fully saturated rings. The fraction of sp³-hybridized carbons (Fsp3) is 0.464. The van der Waals surface area contributed by atoms with Crippen LogP contribution in [0.5, 0.6) is 0 Å². The van der Waals surface area contributed by atoms with Gasteiger partial charge < -0.3 is 20.1 Å². The van der Waals surface area contributed by atoms with Gasteiger partial charge in [0.05, 0.1) is 18.3 Å². The highest BCUT2D eigenvalue weighted by molar-refractivity contribution is 6.30. The van der Waals surface area contributed by atoms with Gasteiger partial charge in [-0.2, -0.15) is 0 Å². The lowest BCUT2D eigenvalue weighted by Crippen LogP contribution is -2.60. The number of ether oxygens (including phenoxy) is 1. The van der Waals surface area contributed by atoms with E-state index in [0.717, 1.165) is 5.56 Å². The zero-order valence-corrected chi connectivity index (χ0v) is 22.5. The van der Waals surface area contributed by atoms with Crippen LogP contribution in [-0.4, -0.2) is 54.0 Å². The molecule has 2 aromatic carbocycles. The molecule has 1 aliphatic rings. The van der Waals surface area contributed by atoms with E-state index in [2.05, 4.69) is 5.32 Å². The summed E-state index contributed by atoms with van der Waals surface area (Å²) >= 11 is 6.03. The van der Waals surface area contributed by atoms with Gasteiger partial charge in [-0.1, -0.05) is 57.5 Å². The van der Waals surface area contributed by atoms with Gasteiger partial charge in [0.25, 0.3) is 5.91 Å². The summed E-state index contributed by atoms with van der Waals surface area (Å²) in [6, 6.07) is 11.2. The molecule has 0 spiro atoms. The molecule has 8 heteroatoms. The molecule has 0 radical (unpaired) electrons. The van der Waals surface area contributed by atoms with Crippen molar-refractivity contribution in [2.24, 2.45) is 11.3 Å². The minimum Gasteiger partial charge on any atom is -0.465 e. The molecule has 1 aliphatic heterocycles. The lowest BCUT2D eigenvalue weighted by molar-refractivity contribution is -0.155. The summed E-state index contributed by atoms with van der Waals surface area (Å²) < 4.78 is 4.80. The quantitative estimate of drug-likeness (QED) is 0.559. The van der Waals surface area contributed by atoms with Crippen LogP contribution in [0.4, 0.5) is 0 Å². The number of piperidine rings is 1. The molecule has 2 N–H and O–H groups in total. The minimum absolute atomic E-state index is 0.174. The van der Waals surface area contributed by atoms with Crippen molar-refractivity contribution < 1.29 is 24.2 Å². The number of benzene rings is 2. The van der Waals surface area contributed by atoms with Gasteiger partial charge in [0.1, 0.15) is 6.04 Å². The number of amides is 2. The fourth-order valence-electron chi connectivity index (χ4n) is 4.80. The van der Waals surface area contributed by atoms with E-state index >= 15 is 0 Å². The number of nitrogens with zero attached hydrogens (tertiary/aromatic N) is 1. The number of rotatable bonds is 6. The molecule has 36 heavy (non-hydrogen) atoms. The molecule has 0 aromatic heterocycles. The summed E-state index contributed by atoms with van der Waals surface area (Å²) in [6.45, 7) is 10.0. The molecular formula is C28H35ClN2O5. The summed E-state index contributed by atoms with van der Waals surface area (Å²) in [7, 11) is 1.29. The van der Waals surface area contributed by atoms with Gasteiger partial charge in [0.2, 0.25) is 5.91 Å². The zero-order chi connectivity index (χ0) is 26.8. The molecule has 1 heterocycles. The maximum absolute atomic E-state index is 13.6. The van der Waals surface area contributed by atoms with E-state index < -0.39 is 28.9 Å². The van der Waals surface area contributed by atoms with Crippen molar-refractivity contribution in [3.8, 4) is 0 Å². The highest BCUT2D eigenvalue weighted by Crippen LogP contribution is 2.46. The molecule has 1 saturated heterocycles. The van der Waals surface area contributed by atoms with Crippen molar-refractivity contribution in [3.63, 3.8) is 0 Å². The van der Waals surface area contributed by atoms with Crippen molar-refractivity contribution in [3.05, 3.63) is 69.7 Å². The number of esters is 1. The fourth-order valence-corrected chi connectivity index (χ4v) is 4.92. The topological polar surface area (TPSA) is 95.9 Å². The molecule has 0 aliphatic carbocycles. The predicted octanol–water partition coefficient (Wildman–Crippen LogP) is 4.34. The standard InChI is InChI=1S/C28H35ClN2O5/c1-17(2)23(30-24(32)19-8-7-18(3)22(15-19)26(34)36-6)25(33)31-14-13-28(35,27(4,5)16-31)20-9-11-21(29)12-10-20/h7-12,15,17,23,35H,13-14,16H2,1-6H3,(H,30,32)/t23-,28+/m1/s1. The van der Waals surface area contributed by atoms with Gasteiger partial charge in [-0.3, -0.25) is 9.59 Å². The molecule has 0 saturated carbocycles. The molecule has 2 aromatic rings. The SMILES string of the molecule is COC(=O)c1cc(C(=O)N[C@@H](C(=O)N2CC[C@](O)(c3ccc(Cl)cc3)C(C)(C)C2)C(C)C)ccc1C. The smallest absolute Gasteiger partial charge is 0.338 e. The van der Waals surface area contributed by atoms with Gasteiger partial charge >= 0.3 is 5.97 Å². The summed E-state index contributed by atoms with van der Waals surface area (Å²) in [5.41, 5.74) is 0.258. The van der Waals surface area contributed by atoms with Gasteiger partial charge in [0.15, 0.2) is 0 Å². The molecule has 0 bridgehead atoms. The monoisotopic (exact) mass is 514 g/mol. The van der Waals surface area contributed by atoms with E-state index in [1.165, 1.54) is 13.2 Å². The van der Waals surface area contributed by atoms with Crippen LogP contribution in [0.15, 0.2) is 42.5 Å². The van der Waals surface area contributed by atoms with E-state index in [-0.39, 0.29) is 17.4 Å². The normalized spacial score (nSPS) is 20.1. The van der Waals surface area contributed by atoms with Crippen LogP contribution >= 0.6 is 11.6 Å². The van der Waals surface area contributed by atoms with Gasteiger partial charge in [-0.15, -0.1) is 0 Å². The molecular weight excluding hydrogens is 480 g/mol. The van der Waals surface area contributed by atoms with Gasteiger partial charge in [-0.05, 0) is 54.7 Å². The number of carbonyl (C=O) groups excluding carboxylic acids is 3. The summed E-state index contributed by atoms with van der Waals surface area (Å²) in [6.07, 6.45) is 0.354. The van der Waals surface area contributed by atoms with Crippen molar-refractivity contribution in [2.75, 3.05) is 20.2 Å². The Morgan fingerprint density at radius 3 is 2.31 bits per heavy atom. The van der Waals surface area contributed by atoms with E-state index in [1.807, 2.05) is 39.8 Å². The van der Waals surface area contributed by atoms with Crippen molar-refractivity contribution >= 4 is 29.4 Å². The third-order valence-electron chi connectivity index (χ3n) is 7.21. The number of halogens is 1. The predicted molar refractivity (Wildman–Crippen MR) is 139 cm³/mol. The van der Waals surface area contributed by atoms with Crippen molar-refractivity contribution in [1.82, 2.24) is 10.2 Å². The maximum atomic E-state index is 13.6. The molecule has 0 unspecified atom stereocenters. The summed E-state index contributed by atoms with van der Waals surface area (Å²) in [4.78, 5) is 40.4. The third-order valence-corrected chi connectivity index (χ3v) is 7.46. The van der Waals surface area contributed by atoms with E-state index in [0.29, 0.717) is 35.7 Å². The van der Waals surface area contributed by atoms with Crippen LogP contribution in [-0.2, 0) is 15.1 Å². The third kappa shape index (κ3) is 5.42. The number of aliphatic hydroxyl groups is 1. The Labute approximate surface area is 217 Å². The van der Waals surface area contributed by atoms with E-state index in [4.69, 9.17) is 16.3 Å². The Morgan fingerprint density at radius 2 is 1.75 bits per heavy atom. The van der Waals surface area contributed by atoms with E-state index in [9.17, 15) is 19.5 Å². The van der Waals surface area contributed by atoms with Crippen molar-refractivity contribution in [2.45, 2.75) is 52.7 Å². The van der Waals surface area contributed by atoms with Crippen LogP contribution in [0.2, 0.25) is 5.02 Å². The lowest BCUT2D eigenvalue weighted by Gasteiger charge is -2.51. The first-order valence-electron chi connectivity index (χ1n) is 12.1. The van der Waals surface area contributed by atoms with Crippen LogP contribution in [0, 0.1) is 18.3 Å². The lowest BCUT2D eigenvalue weighted by atomic mass is 9.66. The summed E-state index contributed by atoms with van der Waals surface area (Å²) in [5, 5.41) is 15.1. The average molecular weight is 515 g/mol. The van der Waals surface area contributed by atoms with Crippen LogP contribution in [0.1, 0.15) is 66.0 Å². The van der Waals surface area contributed by atoms with Crippen LogP contribution in [0.25, 0.3) is 0 Å². The second-order valence-corrected chi connectivity index (χ2v) is 10.9. The number of aryl methyl sites for hydroxylation is 1. The second-order valence-electron chi connectivity index (χ2n) is 10.5. The Kier molecular flexibility index (Phi) is 8.16. The molecule has 2 atom stereocenters. The molecule has 3 rings (SSSR count). The minimum atomic E-state index is -1.13. The average Bonchev–Trinajstić information content (AvgIpc) is 2.83. The van der Waals surface area contributed by atoms with Crippen LogP contribution < -0.4 is 5.32 Å². The van der Waals surface area contributed by atoms with Gasteiger partial charge in [-0.25, -0.2) is 4.79 Å². The number of likely N-dealkylation sites (tertiary alicyclic amines) is 1. The molecule has 194 valence electrons. The van der Waals surface area contributed by atoms with E-state index in [1.54, 1.807) is 36.1 Å². The Hall–Kier alpha value is -2.90. The van der Waals surface area contributed by atoms with Gasteiger partial charge in [0, 0.05) is 29.1 Å². The molecule has 7 nitrogen and oxygen atoms in total.